The molecule has 1 amide bonds. The minimum Gasteiger partial charge on any atom is -0.469 e. The zero-order valence-electron chi connectivity index (χ0n) is 12.6. The van der Waals surface area contributed by atoms with Crippen LogP contribution < -0.4 is 5.73 Å². The van der Waals surface area contributed by atoms with E-state index in [-0.39, 0.29) is 25.4 Å². The lowest BCUT2D eigenvalue weighted by atomic mass is 9.95. The Morgan fingerprint density at radius 3 is 2.24 bits per heavy atom. The molecule has 0 aliphatic heterocycles. The molecule has 0 aliphatic rings. The van der Waals surface area contributed by atoms with Crippen LogP contribution in [0.15, 0.2) is 0 Å². The molecule has 124 valence electrons. The highest BCUT2D eigenvalue weighted by atomic mass is 19.4. The lowest BCUT2D eigenvalue weighted by Crippen LogP contribution is -2.45. The monoisotopic (exact) mass is 312 g/mol. The van der Waals surface area contributed by atoms with Crippen molar-refractivity contribution in [3.05, 3.63) is 0 Å². The van der Waals surface area contributed by atoms with Crippen molar-refractivity contribution in [1.29, 1.82) is 0 Å². The number of nitrogens with two attached hydrogens (primary N) is 1. The predicted molar refractivity (Wildman–Crippen MR) is 71.3 cm³/mol. The first kappa shape index (κ1) is 19.7. The maximum Gasteiger partial charge on any atom is 0.406 e. The van der Waals surface area contributed by atoms with Gasteiger partial charge in [0, 0.05) is 13.1 Å². The second-order valence-electron chi connectivity index (χ2n) is 5.26. The Hall–Kier alpha value is -1.31. The Labute approximate surface area is 122 Å². The van der Waals surface area contributed by atoms with Crippen LogP contribution in [-0.4, -0.2) is 49.7 Å². The number of esters is 1. The minimum absolute atomic E-state index is 0.0242. The van der Waals surface area contributed by atoms with Gasteiger partial charge < -0.3 is 15.4 Å². The molecule has 8 heteroatoms. The summed E-state index contributed by atoms with van der Waals surface area (Å²) in [5.41, 5.74) is 5.49. The molecule has 2 N–H and O–H groups in total. The van der Waals surface area contributed by atoms with Gasteiger partial charge in [-0.15, -0.1) is 0 Å². The number of nitrogens with zero attached hydrogens (tertiary/aromatic N) is 1. The third kappa shape index (κ3) is 8.54. The van der Waals surface area contributed by atoms with Crippen LogP contribution in [0.5, 0.6) is 0 Å². The number of hydrogen-bond acceptors (Lipinski definition) is 4. The average molecular weight is 312 g/mol. The van der Waals surface area contributed by atoms with E-state index < -0.39 is 30.5 Å². The van der Waals surface area contributed by atoms with Gasteiger partial charge in [-0.2, -0.15) is 13.2 Å². The van der Waals surface area contributed by atoms with E-state index in [1.54, 1.807) is 0 Å². The van der Waals surface area contributed by atoms with Crippen LogP contribution in [0.1, 0.15) is 26.7 Å². The summed E-state index contributed by atoms with van der Waals surface area (Å²) in [5.74, 6) is -1.88. The van der Waals surface area contributed by atoms with E-state index in [1.165, 1.54) is 0 Å². The number of alkyl halides is 3. The van der Waals surface area contributed by atoms with Crippen LogP contribution >= 0.6 is 0 Å². The molecule has 5 nitrogen and oxygen atoms in total. The molecule has 0 spiro atoms. The third-order valence-corrected chi connectivity index (χ3v) is 2.89. The van der Waals surface area contributed by atoms with Gasteiger partial charge >= 0.3 is 12.1 Å². The van der Waals surface area contributed by atoms with Crippen LogP contribution in [0.3, 0.4) is 0 Å². The Balaban J connectivity index is 4.90. The number of rotatable bonds is 8. The van der Waals surface area contributed by atoms with E-state index in [0.29, 0.717) is 11.3 Å². The van der Waals surface area contributed by atoms with Crippen molar-refractivity contribution in [1.82, 2.24) is 4.90 Å². The number of ether oxygens (including phenoxy) is 1. The molecule has 0 bridgehead atoms. The summed E-state index contributed by atoms with van der Waals surface area (Å²) >= 11 is 0. The van der Waals surface area contributed by atoms with E-state index in [1.807, 2.05) is 13.8 Å². The smallest absolute Gasteiger partial charge is 0.406 e. The van der Waals surface area contributed by atoms with Crippen molar-refractivity contribution in [2.75, 3.05) is 26.7 Å². The second-order valence-corrected chi connectivity index (χ2v) is 5.26. The zero-order chi connectivity index (χ0) is 16.6. The molecule has 0 radical (unpaired) electrons. The van der Waals surface area contributed by atoms with Gasteiger partial charge in [0.15, 0.2) is 0 Å². The number of amides is 1. The van der Waals surface area contributed by atoms with E-state index >= 15 is 0 Å². The van der Waals surface area contributed by atoms with Crippen molar-refractivity contribution < 1.29 is 27.5 Å². The largest absolute Gasteiger partial charge is 0.469 e. The molecule has 0 aromatic heterocycles. The van der Waals surface area contributed by atoms with E-state index in [2.05, 4.69) is 4.74 Å². The molecule has 0 aromatic rings. The Morgan fingerprint density at radius 2 is 1.86 bits per heavy atom. The summed E-state index contributed by atoms with van der Waals surface area (Å²) in [5, 5.41) is 0. The minimum atomic E-state index is -4.53. The molecule has 0 aliphatic carbocycles. The molecule has 1 unspecified atom stereocenters. The molecule has 0 saturated heterocycles. The van der Waals surface area contributed by atoms with Crippen molar-refractivity contribution in [2.45, 2.75) is 32.9 Å². The molecular formula is C13H23F3N2O3. The van der Waals surface area contributed by atoms with Gasteiger partial charge in [0.25, 0.3) is 0 Å². The zero-order valence-corrected chi connectivity index (χ0v) is 12.6. The molecule has 0 fully saturated rings. The molecule has 0 saturated carbocycles. The van der Waals surface area contributed by atoms with Gasteiger partial charge in [-0.1, -0.05) is 13.8 Å². The molecular weight excluding hydrogens is 289 g/mol. The van der Waals surface area contributed by atoms with E-state index in [4.69, 9.17) is 5.73 Å². The lowest BCUT2D eigenvalue weighted by Gasteiger charge is -2.28. The highest BCUT2D eigenvalue weighted by molar-refractivity contribution is 5.80. The standard InChI is InChI=1S/C13H23F3N2O3/c1-9(2)6-10(7-17)12(20)18(8-13(14,15)16)5-4-11(19)21-3/h9-10H,4-8,17H2,1-3H3. The van der Waals surface area contributed by atoms with Crippen molar-refractivity contribution in [2.24, 2.45) is 17.6 Å². The molecule has 21 heavy (non-hydrogen) atoms. The van der Waals surface area contributed by atoms with Crippen LogP contribution in [0, 0.1) is 11.8 Å². The maximum absolute atomic E-state index is 12.6. The fourth-order valence-electron chi connectivity index (χ4n) is 1.94. The highest BCUT2D eigenvalue weighted by Gasteiger charge is 2.35. The number of carbonyl (C=O) groups is 2. The first-order chi connectivity index (χ1) is 9.60. The van der Waals surface area contributed by atoms with Crippen LogP contribution in [0.2, 0.25) is 0 Å². The fourth-order valence-corrected chi connectivity index (χ4v) is 1.94. The number of carbonyl (C=O) groups excluding carboxylic acids is 2. The maximum atomic E-state index is 12.6. The number of methoxy groups -OCH3 is 1. The van der Waals surface area contributed by atoms with Crippen molar-refractivity contribution in [3.8, 4) is 0 Å². The molecule has 0 heterocycles. The Morgan fingerprint density at radius 1 is 1.29 bits per heavy atom. The van der Waals surface area contributed by atoms with Crippen LogP contribution in [-0.2, 0) is 14.3 Å². The van der Waals surface area contributed by atoms with Gasteiger partial charge in [0.05, 0.1) is 19.4 Å². The Bertz CT molecular complexity index is 346. The SMILES string of the molecule is COC(=O)CCN(CC(F)(F)F)C(=O)C(CN)CC(C)C. The molecule has 1 atom stereocenters. The van der Waals surface area contributed by atoms with Crippen LogP contribution in [0.25, 0.3) is 0 Å². The van der Waals surface area contributed by atoms with Gasteiger partial charge in [-0.05, 0) is 12.3 Å². The van der Waals surface area contributed by atoms with Crippen LogP contribution in [0.4, 0.5) is 13.2 Å². The third-order valence-electron chi connectivity index (χ3n) is 2.89. The fraction of sp³-hybridized carbons (Fsp3) is 0.846. The quantitative estimate of drug-likeness (QED) is 0.690. The summed E-state index contributed by atoms with van der Waals surface area (Å²) in [4.78, 5) is 23.9. The highest BCUT2D eigenvalue weighted by Crippen LogP contribution is 2.20. The Kier molecular flexibility index (Phi) is 8.31. The van der Waals surface area contributed by atoms with Gasteiger partial charge in [0.2, 0.25) is 5.91 Å². The van der Waals surface area contributed by atoms with Crippen molar-refractivity contribution in [3.63, 3.8) is 0 Å². The van der Waals surface area contributed by atoms with E-state index in [9.17, 15) is 22.8 Å². The topological polar surface area (TPSA) is 72.6 Å². The molecule has 0 rings (SSSR count). The van der Waals surface area contributed by atoms with Gasteiger partial charge in [0.1, 0.15) is 6.54 Å². The summed E-state index contributed by atoms with van der Waals surface area (Å²) in [6.07, 6.45) is -4.40. The lowest BCUT2D eigenvalue weighted by molar-refractivity contribution is -0.165. The normalized spacial score (nSPS) is 13.1. The van der Waals surface area contributed by atoms with Crippen molar-refractivity contribution >= 4 is 11.9 Å². The number of halogens is 3. The predicted octanol–water partition coefficient (Wildman–Crippen LogP) is 1.56. The second kappa shape index (κ2) is 8.86. The van der Waals surface area contributed by atoms with Gasteiger partial charge in [-0.3, -0.25) is 9.59 Å². The summed E-state index contributed by atoms with van der Waals surface area (Å²) in [6, 6.07) is 0. The number of hydrogen-bond donors (Lipinski definition) is 1. The molecule has 0 aromatic carbocycles. The summed E-state index contributed by atoms with van der Waals surface area (Å²) in [7, 11) is 1.14. The van der Waals surface area contributed by atoms with E-state index in [0.717, 1.165) is 7.11 Å². The summed E-state index contributed by atoms with van der Waals surface area (Å²) in [6.45, 7) is 1.97. The first-order valence-electron chi connectivity index (χ1n) is 6.73. The van der Waals surface area contributed by atoms with Gasteiger partial charge in [-0.25, -0.2) is 0 Å². The average Bonchev–Trinajstić information content (AvgIpc) is 2.37. The first-order valence-corrected chi connectivity index (χ1v) is 6.73. The summed E-state index contributed by atoms with van der Waals surface area (Å²) < 4.78 is 42.1.